The first-order chi connectivity index (χ1) is 11.1. The van der Waals surface area contributed by atoms with E-state index in [1.807, 2.05) is 47.9 Å². The van der Waals surface area contributed by atoms with Crippen LogP contribution in [0.1, 0.15) is 59.4 Å². The number of hydrogen-bond donors (Lipinski definition) is 1. The zero-order chi connectivity index (χ0) is 16.4. The van der Waals surface area contributed by atoms with Gasteiger partial charge >= 0.3 is 5.97 Å². The zero-order valence-corrected chi connectivity index (χ0v) is 13.3. The monoisotopic (exact) mass is 311 g/mol. The van der Waals surface area contributed by atoms with E-state index in [2.05, 4.69) is 0 Å². The van der Waals surface area contributed by atoms with Crippen molar-refractivity contribution < 1.29 is 14.7 Å². The lowest BCUT2D eigenvalue weighted by Crippen LogP contribution is -2.17. The van der Waals surface area contributed by atoms with Crippen LogP contribution in [0.2, 0.25) is 0 Å². The van der Waals surface area contributed by atoms with Crippen molar-refractivity contribution in [1.82, 2.24) is 4.57 Å². The van der Waals surface area contributed by atoms with E-state index >= 15 is 0 Å². The van der Waals surface area contributed by atoms with Crippen LogP contribution in [0, 0.1) is 0 Å². The molecule has 1 atom stereocenters. The lowest BCUT2D eigenvalue weighted by molar-refractivity contribution is -0.139. The number of carbonyl (C=O) groups excluding carboxylic acids is 1. The molecule has 0 spiro atoms. The Kier molecular flexibility index (Phi) is 4.33. The van der Waals surface area contributed by atoms with Crippen molar-refractivity contribution in [2.24, 2.45) is 0 Å². The summed E-state index contributed by atoms with van der Waals surface area (Å²) >= 11 is 0. The van der Waals surface area contributed by atoms with Crippen molar-refractivity contribution in [3.63, 3.8) is 0 Å². The quantitative estimate of drug-likeness (QED) is 0.877. The third kappa shape index (κ3) is 2.81. The van der Waals surface area contributed by atoms with Crippen molar-refractivity contribution in [1.29, 1.82) is 0 Å². The number of carboxylic acid groups (broad SMARTS) is 1. The smallest absolute Gasteiger partial charge is 0.312 e. The van der Waals surface area contributed by atoms with Crippen LogP contribution in [-0.2, 0) is 17.8 Å². The lowest BCUT2D eigenvalue weighted by Gasteiger charge is -2.13. The predicted molar refractivity (Wildman–Crippen MR) is 87.9 cm³/mol. The minimum Gasteiger partial charge on any atom is -0.481 e. The summed E-state index contributed by atoms with van der Waals surface area (Å²) in [6.07, 6.45) is 3.14. The van der Waals surface area contributed by atoms with Crippen molar-refractivity contribution in [2.45, 2.75) is 45.1 Å². The molecule has 4 nitrogen and oxygen atoms in total. The van der Waals surface area contributed by atoms with E-state index in [0.717, 1.165) is 30.5 Å². The molecule has 120 valence electrons. The maximum Gasteiger partial charge on any atom is 0.312 e. The normalized spacial score (nSPS) is 17.3. The first kappa shape index (κ1) is 15.5. The van der Waals surface area contributed by atoms with E-state index in [-0.39, 0.29) is 5.78 Å². The van der Waals surface area contributed by atoms with Crippen molar-refractivity contribution in [2.75, 3.05) is 0 Å². The number of carbonyl (C=O) groups is 2. The number of rotatable bonds is 4. The van der Waals surface area contributed by atoms with Gasteiger partial charge in [0, 0.05) is 17.8 Å². The molecule has 1 aliphatic rings. The molecule has 1 aromatic carbocycles. The van der Waals surface area contributed by atoms with Gasteiger partial charge in [0.05, 0.1) is 11.6 Å². The molecule has 1 N–H and O–H groups in total. The Hall–Kier alpha value is -2.36. The topological polar surface area (TPSA) is 59.3 Å². The van der Waals surface area contributed by atoms with E-state index in [1.165, 1.54) is 0 Å². The average molecular weight is 311 g/mol. The summed E-state index contributed by atoms with van der Waals surface area (Å²) in [6, 6.07) is 11.1. The fraction of sp³-hybridized carbons (Fsp3) is 0.368. The molecule has 3 rings (SSSR count). The molecule has 0 saturated heterocycles. The summed E-state index contributed by atoms with van der Waals surface area (Å²) < 4.78 is 1.96. The second-order valence-electron chi connectivity index (χ2n) is 6.03. The number of ketones is 1. The molecular weight excluding hydrogens is 290 g/mol. The molecule has 0 fully saturated rings. The molecular formula is C19H21NO3. The zero-order valence-electron chi connectivity index (χ0n) is 13.3. The fourth-order valence-electron chi connectivity index (χ4n) is 3.44. The molecule has 1 aromatic heterocycles. The maximum atomic E-state index is 13.0. The van der Waals surface area contributed by atoms with Gasteiger partial charge in [-0.05, 0) is 30.9 Å². The van der Waals surface area contributed by atoms with Gasteiger partial charge in [-0.15, -0.1) is 0 Å². The Morgan fingerprint density at radius 1 is 1.22 bits per heavy atom. The number of fused-ring (bicyclic) bond motifs is 1. The Balaban J connectivity index is 2.14. The molecule has 2 aromatic rings. The summed E-state index contributed by atoms with van der Waals surface area (Å²) in [5.74, 6) is -1.33. The average Bonchev–Trinajstić information content (AvgIpc) is 2.80. The third-order valence-corrected chi connectivity index (χ3v) is 4.62. The van der Waals surface area contributed by atoms with Gasteiger partial charge in [0.25, 0.3) is 0 Å². The summed E-state index contributed by atoms with van der Waals surface area (Å²) in [5.41, 5.74) is 3.05. The minimum atomic E-state index is -0.799. The number of carboxylic acids is 1. The van der Waals surface area contributed by atoms with Crippen molar-refractivity contribution >= 4 is 11.8 Å². The standard InChI is InChI=1S/C19H21NO3/c1-2-13-12-16-15(19(22)23)10-6-7-11-20(16)17(13)18(21)14-8-4-3-5-9-14/h3-5,8-9,12,15H,2,6-7,10-11H2,1H3,(H,22,23). The Bertz CT molecular complexity index is 731. The molecule has 0 radical (unpaired) electrons. The highest BCUT2D eigenvalue weighted by Gasteiger charge is 2.30. The fourth-order valence-corrected chi connectivity index (χ4v) is 3.44. The van der Waals surface area contributed by atoms with Crippen LogP contribution in [0.5, 0.6) is 0 Å². The largest absolute Gasteiger partial charge is 0.481 e. The van der Waals surface area contributed by atoms with Crippen LogP contribution in [0.15, 0.2) is 36.4 Å². The SMILES string of the molecule is CCc1cc2n(c1C(=O)c1ccccc1)CCCCC2C(=O)O. The van der Waals surface area contributed by atoms with E-state index in [9.17, 15) is 14.7 Å². The first-order valence-electron chi connectivity index (χ1n) is 8.18. The van der Waals surface area contributed by atoms with Gasteiger partial charge < -0.3 is 9.67 Å². The number of nitrogens with zero attached hydrogens (tertiary/aromatic N) is 1. The third-order valence-electron chi connectivity index (χ3n) is 4.62. The maximum absolute atomic E-state index is 13.0. The molecule has 2 heterocycles. The van der Waals surface area contributed by atoms with E-state index in [0.29, 0.717) is 24.2 Å². The van der Waals surface area contributed by atoms with E-state index in [1.54, 1.807) is 0 Å². The first-order valence-corrected chi connectivity index (χ1v) is 8.18. The summed E-state index contributed by atoms with van der Waals surface area (Å²) in [7, 11) is 0. The molecule has 0 saturated carbocycles. The van der Waals surface area contributed by atoms with Gasteiger partial charge in [-0.1, -0.05) is 43.7 Å². The van der Waals surface area contributed by atoms with E-state index in [4.69, 9.17) is 0 Å². The highest BCUT2D eigenvalue weighted by Crippen LogP contribution is 2.32. The second kappa shape index (κ2) is 6.41. The van der Waals surface area contributed by atoms with Gasteiger partial charge in [-0.3, -0.25) is 9.59 Å². The van der Waals surface area contributed by atoms with Gasteiger partial charge in [-0.2, -0.15) is 0 Å². The molecule has 1 aliphatic heterocycles. The lowest BCUT2D eigenvalue weighted by atomic mass is 9.99. The highest BCUT2D eigenvalue weighted by molar-refractivity contribution is 6.09. The number of hydrogen-bond acceptors (Lipinski definition) is 2. The van der Waals surface area contributed by atoms with Gasteiger partial charge in [0.1, 0.15) is 0 Å². The number of aliphatic carboxylic acids is 1. The van der Waals surface area contributed by atoms with Crippen LogP contribution < -0.4 is 0 Å². The summed E-state index contributed by atoms with van der Waals surface area (Å²) in [5, 5.41) is 9.54. The molecule has 0 aliphatic carbocycles. The van der Waals surface area contributed by atoms with Gasteiger partial charge in [0.2, 0.25) is 5.78 Å². The number of benzene rings is 1. The van der Waals surface area contributed by atoms with Crippen LogP contribution in [0.4, 0.5) is 0 Å². The Morgan fingerprint density at radius 2 is 1.96 bits per heavy atom. The number of aryl methyl sites for hydroxylation is 1. The van der Waals surface area contributed by atoms with Gasteiger partial charge in [0.15, 0.2) is 0 Å². The predicted octanol–water partition coefficient (Wildman–Crippen LogP) is 3.63. The molecule has 4 heteroatoms. The van der Waals surface area contributed by atoms with Crippen molar-refractivity contribution in [3.05, 3.63) is 58.9 Å². The molecule has 0 bridgehead atoms. The van der Waals surface area contributed by atoms with Crippen LogP contribution in [0.25, 0.3) is 0 Å². The van der Waals surface area contributed by atoms with Gasteiger partial charge in [-0.25, -0.2) is 0 Å². The second-order valence-corrected chi connectivity index (χ2v) is 6.03. The van der Waals surface area contributed by atoms with Crippen LogP contribution in [-0.4, -0.2) is 21.4 Å². The van der Waals surface area contributed by atoms with Crippen LogP contribution >= 0.6 is 0 Å². The molecule has 1 unspecified atom stereocenters. The van der Waals surface area contributed by atoms with Crippen molar-refractivity contribution in [3.8, 4) is 0 Å². The number of aromatic nitrogens is 1. The van der Waals surface area contributed by atoms with Crippen LogP contribution in [0.3, 0.4) is 0 Å². The molecule has 23 heavy (non-hydrogen) atoms. The highest BCUT2D eigenvalue weighted by atomic mass is 16.4. The molecule has 0 amide bonds. The Morgan fingerprint density at radius 3 is 2.61 bits per heavy atom. The minimum absolute atomic E-state index is 0.0141. The summed E-state index contributed by atoms with van der Waals surface area (Å²) in [6.45, 7) is 2.72. The Labute approximate surface area is 135 Å². The van der Waals surface area contributed by atoms with E-state index < -0.39 is 11.9 Å². The summed E-state index contributed by atoms with van der Waals surface area (Å²) in [4.78, 5) is 24.6.